The van der Waals surface area contributed by atoms with Crippen LogP contribution in [0.25, 0.3) is 22.3 Å². The van der Waals surface area contributed by atoms with Gasteiger partial charge in [0.15, 0.2) is 11.4 Å². The highest BCUT2D eigenvalue weighted by molar-refractivity contribution is 6.04. The first-order chi connectivity index (χ1) is 18.5. The second kappa shape index (κ2) is 8.52. The number of aliphatic hydroxyl groups excluding tert-OH is 1. The number of Topliss-reactive ketones (excluding diaryl/α,β-unsaturated/α-hetero) is 1. The lowest BCUT2D eigenvalue weighted by Gasteiger charge is -2.32. The molecule has 202 valence electrons. The number of halogens is 1. The maximum absolute atomic E-state index is 15.0. The number of carbonyl (C=O) groups excluding carboxylic acids is 3. The smallest absolute Gasteiger partial charge is 0.343 e. The molecule has 0 bridgehead atoms. The van der Waals surface area contributed by atoms with Crippen LogP contribution in [0.1, 0.15) is 59.1 Å². The number of aryl methyl sites for hydroxylation is 1. The Morgan fingerprint density at radius 1 is 1.28 bits per heavy atom. The van der Waals surface area contributed by atoms with Gasteiger partial charge in [-0.3, -0.25) is 14.4 Å². The monoisotopic (exact) mass is 535 g/mol. The number of aliphatic hydroxyl groups is 2. The normalized spacial score (nSPS) is 21.7. The first kappa shape index (κ1) is 25.3. The second-order valence-corrected chi connectivity index (χ2v) is 10.5. The number of benzene rings is 1. The maximum atomic E-state index is 15.0. The SMILES string of the molecule is CC[C@@]1(O)C(=O)OCc2c1cc1n(c2=O)Cc2c-1nc1cc(F)c(C)c3c1c2[C@H](C(C(N)=O)C(=O)CO)CC3. The average molecular weight is 536 g/mol. The number of hydrogen-bond acceptors (Lipinski definition) is 8. The van der Waals surface area contributed by atoms with Crippen molar-refractivity contribution in [2.45, 2.75) is 57.8 Å². The average Bonchev–Trinajstić information content (AvgIpc) is 3.28. The number of aromatic nitrogens is 2. The molecule has 0 saturated heterocycles. The summed E-state index contributed by atoms with van der Waals surface area (Å²) in [7, 11) is 0. The molecule has 0 fully saturated rings. The van der Waals surface area contributed by atoms with Crippen LogP contribution in [0.3, 0.4) is 0 Å². The quantitative estimate of drug-likeness (QED) is 0.254. The number of nitrogens with zero attached hydrogens (tertiary/aromatic N) is 2. The van der Waals surface area contributed by atoms with Crippen LogP contribution in [-0.2, 0) is 44.3 Å². The molecule has 11 heteroatoms. The predicted molar refractivity (Wildman–Crippen MR) is 135 cm³/mol. The van der Waals surface area contributed by atoms with Crippen molar-refractivity contribution in [1.82, 2.24) is 9.55 Å². The van der Waals surface area contributed by atoms with Gasteiger partial charge >= 0.3 is 5.97 Å². The molecule has 1 aromatic carbocycles. The summed E-state index contributed by atoms with van der Waals surface area (Å²) in [5.74, 6) is -4.97. The van der Waals surface area contributed by atoms with Crippen LogP contribution in [0.2, 0.25) is 0 Å². The zero-order valence-electron chi connectivity index (χ0n) is 21.3. The Labute approximate surface area is 221 Å². The number of fused-ring (bicyclic) bond motifs is 5. The topological polar surface area (TPSA) is 162 Å². The number of pyridine rings is 2. The van der Waals surface area contributed by atoms with Gasteiger partial charge in [-0.15, -0.1) is 0 Å². The molecule has 2 aromatic heterocycles. The molecule has 0 saturated carbocycles. The van der Waals surface area contributed by atoms with E-state index in [1.165, 1.54) is 10.6 Å². The van der Waals surface area contributed by atoms with Crippen molar-refractivity contribution in [2.75, 3.05) is 6.61 Å². The van der Waals surface area contributed by atoms with Gasteiger partial charge in [-0.1, -0.05) is 6.92 Å². The number of carbonyl (C=O) groups is 3. The molecule has 3 atom stereocenters. The van der Waals surface area contributed by atoms with Crippen LogP contribution >= 0.6 is 0 Å². The highest BCUT2D eigenvalue weighted by atomic mass is 19.1. The van der Waals surface area contributed by atoms with Crippen molar-refractivity contribution < 1.29 is 33.7 Å². The lowest BCUT2D eigenvalue weighted by atomic mass is 9.71. The van der Waals surface area contributed by atoms with Gasteiger partial charge < -0.3 is 25.3 Å². The number of rotatable bonds is 5. The maximum Gasteiger partial charge on any atom is 0.343 e. The molecule has 6 rings (SSSR count). The van der Waals surface area contributed by atoms with Gasteiger partial charge in [0, 0.05) is 28.5 Å². The van der Waals surface area contributed by atoms with Crippen LogP contribution in [-0.4, -0.2) is 44.0 Å². The minimum atomic E-state index is -2.01. The molecule has 4 heterocycles. The number of cyclic esters (lactones) is 1. The van der Waals surface area contributed by atoms with Gasteiger partial charge in [0.05, 0.1) is 29.0 Å². The molecule has 10 nitrogen and oxygen atoms in total. The number of primary amides is 1. The van der Waals surface area contributed by atoms with E-state index >= 15 is 4.39 Å². The minimum absolute atomic E-state index is 0.0233. The summed E-state index contributed by atoms with van der Waals surface area (Å²) >= 11 is 0. The van der Waals surface area contributed by atoms with Gasteiger partial charge in [-0.2, -0.15) is 0 Å². The predicted octanol–water partition coefficient (Wildman–Crippen LogP) is 1.22. The van der Waals surface area contributed by atoms with E-state index in [4.69, 9.17) is 15.5 Å². The van der Waals surface area contributed by atoms with Crippen molar-refractivity contribution in [3.8, 4) is 11.4 Å². The lowest BCUT2D eigenvalue weighted by molar-refractivity contribution is -0.172. The van der Waals surface area contributed by atoms with E-state index in [9.17, 15) is 29.4 Å². The summed E-state index contributed by atoms with van der Waals surface area (Å²) < 4.78 is 21.6. The van der Waals surface area contributed by atoms with E-state index in [1.807, 2.05) is 0 Å². The fourth-order valence-electron chi connectivity index (χ4n) is 6.60. The van der Waals surface area contributed by atoms with Gasteiger partial charge in [-0.25, -0.2) is 14.2 Å². The number of esters is 1. The fraction of sp³-hybridized carbons (Fsp3) is 0.393. The second-order valence-electron chi connectivity index (χ2n) is 10.5. The Morgan fingerprint density at radius 3 is 2.69 bits per heavy atom. The van der Waals surface area contributed by atoms with E-state index in [2.05, 4.69) is 0 Å². The number of ether oxygens (including phenoxy) is 1. The van der Waals surface area contributed by atoms with Gasteiger partial charge in [0.25, 0.3) is 5.56 Å². The third kappa shape index (κ3) is 3.29. The van der Waals surface area contributed by atoms with Crippen molar-refractivity contribution >= 4 is 28.6 Å². The van der Waals surface area contributed by atoms with E-state index < -0.39 is 53.1 Å². The number of ketones is 1. The zero-order chi connectivity index (χ0) is 28.0. The Morgan fingerprint density at radius 2 is 2.03 bits per heavy atom. The van der Waals surface area contributed by atoms with E-state index in [0.717, 1.165) is 0 Å². The molecule has 0 spiro atoms. The molecular formula is C28H26FN3O7. The zero-order valence-corrected chi connectivity index (χ0v) is 21.3. The summed E-state index contributed by atoms with van der Waals surface area (Å²) in [6, 6.07) is 2.83. The molecule has 4 N–H and O–H groups in total. The molecule has 3 aromatic rings. The Kier molecular flexibility index (Phi) is 5.53. The third-order valence-electron chi connectivity index (χ3n) is 8.63. The van der Waals surface area contributed by atoms with Gasteiger partial charge in [0.1, 0.15) is 24.9 Å². The van der Waals surface area contributed by atoms with Crippen molar-refractivity contribution in [3.63, 3.8) is 0 Å². The van der Waals surface area contributed by atoms with E-state index in [-0.39, 0.29) is 36.2 Å². The van der Waals surface area contributed by atoms with Crippen molar-refractivity contribution in [1.29, 1.82) is 0 Å². The number of hydrogen-bond donors (Lipinski definition) is 3. The van der Waals surface area contributed by atoms with Crippen LogP contribution in [0.5, 0.6) is 0 Å². The molecule has 39 heavy (non-hydrogen) atoms. The summed E-state index contributed by atoms with van der Waals surface area (Å²) in [6.45, 7) is 2.14. The van der Waals surface area contributed by atoms with Crippen LogP contribution in [0, 0.1) is 18.7 Å². The van der Waals surface area contributed by atoms with Crippen molar-refractivity contribution in [2.24, 2.45) is 11.7 Å². The standard InChI is InChI=1S/C28H26FN3O7/c1-3-28(38)16-6-19-24-14(8-32(19)26(36)15(16)10-39-27(28)37)21-13(23(25(30)35)20(34)9-33)5-4-12-11(2)17(29)7-18(31-24)22(12)21/h6-7,13,23,33,38H,3-5,8-10H2,1-2H3,(H2,30,35)/t13-,23?,28+/m1/s1. The molecule has 3 aliphatic rings. The molecular weight excluding hydrogens is 509 g/mol. The summed E-state index contributed by atoms with van der Waals surface area (Å²) in [5, 5.41) is 21.4. The first-order valence-electron chi connectivity index (χ1n) is 12.8. The molecule has 0 radical (unpaired) electrons. The highest BCUT2D eigenvalue weighted by Crippen LogP contribution is 2.48. The van der Waals surface area contributed by atoms with Gasteiger partial charge in [0.2, 0.25) is 5.91 Å². The first-order valence-corrected chi connectivity index (χ1v) is 12.8. The Balaban J connectivity index is 1.69. The Hall–Kier alpha value is -3.96. The fourth-order valence-corrected chi connectivity index (χ4v) is 6.60. The number of amides is 1. The molecule has 1 amide bonds. The Bertz CT molecular complexity index is 1710. The molecule has 1 unspecified atom stereocenters. The molecule has 2 aliphatic heterocycles. The highest BCUT2D eigenvalue weighted by Gasteiger charge is 2.46. The van der Waals surface area contributed by atoms with Crippen LogP contribution < -0.4 is 11.3 Å². The van der Waals surface area contributed by atoms with E-state index in [1.54, 1.807) is 19.9 Å². The summed E-state index contributed by atoms with van der Waals surface area (Å²) in [4.78, 5) is 56.1. The summed E-state index contributed by atoms with van der Waals surface area (Å²) in [6.07, 6.45) is 0.636. The number of nitrogens with two attached hydrogens (primary N) is 1. The third-order valence-corrected chi connectivity index (χ3v) is 8.63. The van der Waals surface area contributed by atoms with E-state index in [0.29, 0.717) is 51.9 Å². The van der Waals surface area contributed by atoms with Gasteiger partial charge in [-0.05, 0) is 48.9 Å². The molecule has 1 aliphatic carbocycles. The van der Waals surface area contributed by atoms with Crippen molar-refractivity contribution in [3.05, 3.63) is 61.7 Å². The lowest BCUT2D eigenvalue weighted by Crippen LogP contribution is -2.44. The van der Waals surface area contributed by atoms with Crippen LogP contribution in [0.4, 0.5) is 4.39 Å². The largest absolute Gasteiger partial charge is 0.458 e. The minimum Gasteiger partial charge on any atom is -0.458 e. The van der Waals surface area contributed by atoms with Crippen LogP contribution in [0.15, 0.2) is 16.9 Å². The summed E-state index contributed by atoms with van der Waals surface area (Å²) in [5.41, 5.74) is 6.69.